The monoisotopic (exact) mass is 384 g/mol. The van der Waals surface area contributed by atoms with E-state index in [1.54, 1.807) is 18.2 Å². The van der Waals surface area contributed by atoms with Gasteiger partial charge < -0.3 is 14.2 Å². The minimum Gasteiger partial charge on any atom is -0.468 e. The second kappa shape index (κ2) is 7.32. The minimum atomic E-state index is -0.501. The van der Waals surface area contributed by atoms with E-state index in [1.807, 2.05) is 24.3 Å². The minimum absolute atomic E-state index is 0.184. The average Bonchev–Trinajstić information content (AvgIpc) is 3.16. The second-order valence-electron chi connectivity index (χ2n) is 5.86. The maximum Gasteiger partial charge on any atom is 0.325 e. The van der Waals surface area contributed by atoms with Gasteiger partial charge in [0, 0.05) is 5.75 Å². The molecular formula is C19H16N2O5S. The normalized spacial score (nSPS) is 12.3. The number of fused-ring (bicyclic) bond motifs is 2. The van der Waals surface area contributed by atoms with Crippen LogP contribution in [0.2, 0.25) is 0 Å². The molecule has 4 rings (SSSR count). The number of nitrogens with zero attached hydrogens (tertiary/aromatic N) is 2. The fourth-order valence-electron chi connectivity index (χ4n) is 2.77. The number of hydrogen-bond acceptors (Lipinski definition) is 7. The molecule has 0 bridgehead atoms. The molecule has 0 saturated carbocycles. The van der Waals surface area contributed by atoms with E-state index in [1.165, 1.54) is 23.4 Å². The Morgan fingerprint density at radius 3 is 2.89 bits per heavy atom. The van der Waals surface area contributed by atoms with Crippen LogP contribution >= 0.6 is 11.8 Å². The van der Waals surface area contributed by atoms with Gasteiger partial charge in [-0.25, -0.2) is 4.98 Å². The van der Waals surface area contributed by atoms with Gasteiger partial charge in [-0.1, -0.05) is 30.0 Å². The molecule has 0 spiro atoms. The third-order valence-electron chi connectivity index (χ3n) is 4.15. The molecule has 138 valence electrons. The molecule has 0 fully saturated rings. The molecule has 0 unspecified atom stereocenters. The van der Waals surface area contributed by atoms with E-state index in [9.17, 15) is 9.59 Å². The molecule has 0 N–H and O–H groups in total. The van der Waals surface area contributed by atoms with Crippen LogP contribution < -0.4 is 15.0 Å². The number of carbonyl (C=O) groups is 1. The highest BCUT2D eigenvalue weighted by Gasteiger charge is 2.16. The highest BCUT2D eigenvalue weighted by molar-refractivity contribution is 7.98. The Kier molecular flexibility index (Phi) is 4.72. The molecule has 0 amide bonds. The lowest BCUT2D eigenvalue weighted by Gasteiger charge is -2.12. The van der Waals surface area contributed by atoms with Gasteiger partial charge in [0.05, 0.1) is 18.0 Å². The Bertz CT molecular complexity index is 1080. The maximum absolute atomic E-state index is 12.8. The van der Waals surface area contributed by atoms with Gasteiger partial charge in [0.25, 0.3) is 5.56 Å². The topological polar surface area (TPSA) is 79.7 Å². The molecule has 1 aliphatic heterocycles. The molecule has 0 aliphatic carbocycles. The van der Waals surface area contributed by atoms with E-state index in [0.29, 0.717) is 27.6 Å². The molecule has 7 nitrogen and oxygen atoms in total. The maximum atomic E-state index is 12.8. The number of ether oxygens (including phenoxy) is 3. The van der Waals surface area contributed by atoms with Crippen molar-refractivity contribution in [1.29, 1.82) is 0 Å². The van der Waals surface area contributed by atoms with Crippen molar-refractivity contribution in [1.82, 2.24) is 9.55 Å². The van der Waals surface area contributed by atoms with E-state index < -0.39 is 5.97 Å². The lowest BCUT2D eigenvalue weighted by molar-refractivity contribution is -0.141. The van der Waals surface area contributed by atoms with Crippen molar-refractivity contribution in [2.24, 2.45) is 0 Å². The number of rotatable bonds is 5. The third kappa shape index (κ3) is 3.48. The number of esters is 1. The summed E-state index contributed by atoms with van der Waals surface area (Å²) in [6, 6.07) is 12.8. The molecule has 3 aromatic rings. The van der Waals surface area contributed by atoms with Crippen LogP contribution in [0, 0.1) is 0 Å². The first-order valence-corrected chi connectivity index (χ1v) is 9.22. The summed E-state index contributed by atoms with van der Waals surface area (Å²) in [5, 5.41) is 0.926. The first-order valence-electron chi connectivity index (χ1n) is 8.23. The van der Waals surface area contributed by atoms with E-state index in [-0.39, 0.29) is 18.9 Å². The Hall–Kier alpha value is -3.00. The molecule has 1 aliphatic rings. The van der Waals surface area contributed by atoms with Crippen molar-refractivity contribution >= 4 is 28.6 Å². The number of methoxy groups -OCH3 is 1. The van der Waals surface area contributed by atoms with Crippen molar-refractivity contribution in [3.8, 4) is 11.5 Å². The quantitative estimate of drug-likeness (QED) is 0.380. The molecule has 2 heterocycles. The SMILES string of the molecule is COC(=O)Cn1c(SCc2ccc3c(c2)OCO3)nc2ccccc2c1=O. The van der Waals surface area contributed by atoms with Crippen LogP contribution in [0.3, 0.4) is 0 Å². The lowest BCUT2D eigenvalue weighted by atomic mass is 10.2. The smallest absolute Gasteiger partial charge is 0.325 e. The number of hydrogen-bond donors (Lipinski definition) is 0. The molecular weight excluding hydrogens is 368 g/mol. The first kappa shape index (κ1) is 17.4. The van der Waals surface area contributed by atoms with E-state index >= 15 is 0 Å². The molecule has 8 heteroatoms. The van der Waals surface area contributed by atoms with Gasteiger partial charge in [-0.2, -0.15) is 0 Å². The van der Waals surface area contributed by atoms with E-state index in [0.717, 1.165) is 11.3 Å². The van der Waals surface area contributed by atoms with Gasteiger partial charge in [-0.15, -0.1) is 0 Å². The molecule has 0 saturated heterocycles. The Morgan fingerprint density at radius 2 is 2.04 bits per heavy atom. The van der Waals surface area contributed by atoms with Crippen LogP contribution in [0.1, 0.15) is 5.56 Å². The van der Waals surface area contributed by atoms with E-state index in [4.69, 9.17) is 14.2 Å². The summed E-state index contributed by atoms with van der Waals surface area (Å²) in [5.41, 5.74) is 1.33. The molecule has 1 aromatic heterocycles. The highest BCUT2D eigenvalue weighted by atomic mass is 32.2. The van der Waals surface area contributed by atoms with Crippen molar-refractivity contribution in [2.45, 2.75) is 17.5 Å². The van der Waals surface area contributed by atoms with Crippen LogP contribution in [0.25, 0.3) is 10.9 Å². The summed E-state index contributed by atoms with van der Waals surface area (Å²) in [5.74, 6) is 1.48. The number of carbonyl (C=O) groups excluding carboxylic acids is 1. The van der Waals surface area contributed by atoms with Crippen LogP contribution in [0.4, 0.5) is 0 Å². The zero-order valence-electron chi connectivity index (χ0n) is 14.5. The lowest BCUT2D eigenvalue weighted by Crippen LogP contribution is -2.27. The Balaban J connectivity index is 1.68. The number of benzene rings is 2. The van der Waals surface area contributed by atoms with Crippen LogP contribution in [-0.2, 0) is 21.8 Å². The third-order valence-corrected chi connectivity index (χ3v) is 5.19. The fourth-order valence-corrected chi connectivity index (χ4v) is 3.71. The van der Waals surface area contributed by atoms with Crippen LogP contribution in [0.15, 0.2) is 52.4 Å². The van der Waals surface area contributed by atoms with Gasteiger partial charge in [0.1, 0.15) is 6.54 Å². The van der Waals surface area contributed by atoms with Gasteiger partial charge in [-0.3, -0.25) is 14.2 Å². The summed E-state index contributed by atoms with van der Waals surface area (Å²) in [4.78, 5) is 29.2. The van der Waals surface area contributed by atoms with Crippen molar-refractivity contribution < 1.29 is 19.0 Å². The fraction of sp³-hybridized carbons (Fsp3) is 0.211. The average molecular weight is 384 g/mol. The highest BCUT2D eigenvalue weighted by Crippen LogP contribution is 2.34. The van der Waals surface area contributed by atoms with Crippen molar-refractivity contribution in [2.75, 3.05) is 13.9 Å². The van der Waals surface area contributed by atoms with Crippen molar-refractivity contribution in [3.05, 3.63) is 58.4 Å². The van der Waals surface area contributed by atoms with Crippen molar-refractivity contribution in [3.63, 3.8) is 0 Å². The zero-order valence-corrected chi connectivity index (χ0v) is 15.3. The summed E-state index contributed by atoms with van der Waals surface area (Å²) >= 11 is 1.37. The molecule has 27 heavy (non-hydrogen) atoms. The van der Waals surface area contributed by atoms with Gasteiger partial charge in [0.15, 0.2) is 16.7 Å². The van der Waals surface area contributed by atoms with Crippen LogP contribution in [0.5, 0.6) is 11.5 Å². The Morgan fingerprint density at radius 1 is 1.22 bits per heavy atom. The number of aromatic nitrogens is 2. The molecule has 2 aromatic carbocycles. The van der Waals surface area contributed by atoms with Gasteiger partial charge in [0.2, 0.25) is 6.79 Å². The summed E-state index contributed by atoms with van der Waals surface area (Å²) < 4.78 is 16.8. The number of para-hydroxylation sites is 1. The largest absolute Gasteiger partial charge is 0.468 e. The summed E-state index contributed by atoms with van der Waals surface area (Å²) in [7, 11) is 1.29. The molecule has 0 radical (unpaired) electrons. The second-order valence-corrected chi connectivity index (χ2v) is 6.80. The zero-order chi connectivity index (χ0) is 18.8. The Labute approximate surface area is 158 Å². The first-order chi connectivity index (χ1) is 13.2. The number of thioether (sulfide) groups is 1. The van der Waals surface area contributed by atoms with Gasteiger partial charge >= 0.3 is 5.97 Å². The predicted octanol–water partition coefficient (Wildman–Crippen LogP) is 2.59. The predicted molar refractivity (Wildman–Crippen MR) is 100 cm³/mol. The van der Waals surface area contributed by atoms with Crippen LogP contribution in [-0.4, -0.2) is 29.4 Å². The molecule has 0 atom stereocenters. The standard InChI is InChI=1S/C19H16N2O5S/c1-24-17(22)9-21-18(23)13-4-2-3-5-14(13)20-19(21)27-10-12-6-7-15-16(8-12)26-11-25-15/h2-8H,9-11H2,1H3. The van der Waals surface area contributed by atoms with Gasteiger partial charge in [-0.05, 0) is 29.8 Å². The van der Waals surface area contributed by atoms with E-state index in [2.05, 4.69) is 4.98 Å². The summed E-state index contributed by atoms with van der Waals surface area (Å²) in [6.07, 6.45) is 0. The summed E-state index contributed by atoms with van der Waals surface area (Å²) in [6.45, 7) is 0.0352.